The normalized spacial score (nSPS) is 16.1. The van der Waals surface area contributed by atoms with Crippen molar-refractivity contribution in [2.24, 2.45) is 0 Å². The van der Waals surface area contributed by atoms with Crippen LogP contribution in [0.25, 0.3) is 0 Å². The summed E-state index contributed by atoms with van der Waals surface area (Å²) in [5.41, 5.74) is 4.34. The van der Waals surface area contributed by atoms with Crippen molar-refractivity contribution in [3.8, 4) is 0 Å². The monoisotopic (exact) mass is 586 g/mol. The molecule has 2 aliphatic heterocycles. The molecule has 0 atom stereocenters. The van der Waals surface area contributed by atoms with Crippen LogP contribution in [0.15, 0.2) is 60.8 Å². The van der Waals surface area contributed by atoms with Crippen LogP contribution in [-0.2, 0) is 4.74 Å². The molecule has 0 unspecified atom stereocenters. The van der Waals surface area contributed by atoms with Crippen molar-refractivity contribution in [3.63, 3.8) is 0 Å². The van der Waals surface area contributed by atoms with Crippen LogP contribution < -0.4 is 20.4 Å². The van der Waals surface area contributed by atoms with E-state index < -0.39 is 5.60 Å². The molecule has 0 bridgehead atoms. The van der Waals surface area contributed by atoms with Gasteiger partial charge >= 0.3 is 6.09 Å². The minimum Gasteiger partial charge on any atom is -0.444 e. The van der Waals surface area contributed by atoms with Crippen molar-refractivity contribution in [1.29, 1.82) is 0 Å². The van der Waals surface area contributed by atoms with Gasteiger partial charge in [0, 0.05) is 62.8 Å². The van der Waals surface area contributed by atoms with E-state index in [2.05, 4.69) is 56.6 Å². The zero-order valence-corrected chi connectivity index (χ0v) is 25.5. The standard InChI is InChI=1S/C33H42N6O4/c1-23-8-5-6-10-28(23)37-18-20-38(21-19-37)29-12-11-24(22-27(29)36-31(41)26-9-7-15-34-26)30(40)35-25-13-16-39(17-14-25)32(42)43-33(2,3)4/h5-12,15,22,25,34H,13-14,16-21H2,1-4H3,(H,35,40)(H,36,41). The summed E-state index contributed by atoms with van der Waals surface area (Å²) in [6.07, 6.45) is 2.67. The zero-order chi connectivity index (χ0) is 30.6. The Morgan fingerprint density at radius 1 is 0.837 bits per heavy atom. The van der Waals surface area contributed by atoms with Crippen molar-refractivity contribution in [2.75, 3.05) is 54.4 Å². The number of nitrogens with zero attached hydrogens (tertiary/aromatic N) is 3. The molecule has 3 heterocycles. The summed E-state index contributed by atoms with van der Waals surface area (Å²) in [6.45, 7) is 12.0. The van der Waals surface area contributed by atoms with Crippen molar-refractivity contribution in [1.82, 2.24) is 15.2 Å². The number of nitrogens with one attached hydrogen (secondary N) is 3. The number of piperidine rings is 1. The molecule has 0 aliphatic carbocycles. The molecule has 10 heteroatoms. The van der Waals surface area contributed by atoms with Gasteiger partial charge in [0.15, 0.2) is 0 Å². The molecular formula is C33H42N6O4. The van der Waals surface area contributed by atoms with Crippen LogP contribution in [0.3, 0.4) is 0 Å². The third kappa shape index (κ3) is 7.49. The van der Waals surface area contributed by atoms with Crippen LogP contribution in [0.5, 0.6) is 0 Å². The largest absolute Gasteiger partial charge is 0.444 e. The van der Waals surface area contributed by atoms with Crippen LogP contribution in [0, 0.1) is 6.92 Å². The Balaban J connectivity index is 1.27. The lowest BCUT2D eigenvalue weighted by Crippen LogP contribution is -2.48. The summed E-state index contributed by atoms with van der Waals surface area (Å²) >= 11 is 0. The number of ether oxygens (including phenoxy) is 1. The average molecular weight is 587 g/mol. The average Bonchev–Trinajstić information content (AvgIpc) is 3.53. The molecule has 0 radical (unpaired) electrons. The Morgan fingerprint density at radius 3 is 2.14 bits per heavy atom. The Kier molecular flexibility index (Phi) is 8.94. The van der Waals surface area contributed by atoms with Gasteiger partial charge in [0.25, 0.3) is 11.8 Å². The van der Waals surface area contributed by atoms with Gasteiger partial charge in [-0.1, -0.05) is 18.2 Å². The predicted molar refractivity (Wildman–Crippen MR) is 169 cm³/mol. The fraction of sp³-hybridized carbons (Fsp3) is 0.424. The van der Waals surface area contributed by atoms with E-state index in [0.717, 1.165) is 31.9 Å². The number of carbonyl (C=O) groups excluding carboxylic acids is 3. The van der Waals surface area contributed by atoms with Crippen LogP contribution >= 0.6 is 0 Å². The van der Waals surface area contributed by atoms with E-state index in [1.807, 2.05) is 32.9 Å². The maximum Gasteiger partial charge on any atom is 0.410 e. The molecule has 228 valence electrons. The number of amides is 3. The van der Waals surface area contributed by atoms with Crippen molar-refractivity contribution < 1.29 is 19.1 Å². The lowest BCUT2D eigenvalue weighted by atomic mass is 10.0. The Hall–Kier alpha value is -4.47. The lowest BCUT2D eigenvalue weighted by Gasteiger charge is -2.38. The minimum atomic E-state index is -0.545. The van der Waals surface area contributed by atoms with Crippen LogP contribution in [0.4, 0.5) is 21.9 Å². The number of anilines is 3. The first-order valence-corrected chi connectivity index (χ1v) is 15.0. The summed E-state index contributed by atoms with van der Waals surface area (Å²) in [5, 5.41) is 6.16. The maximum atomic E-state index is 13.3. The fourth-order valence-electron chi connectivity index (χ4n) is 5.62. The summed E-state index contributed by atoms with van der Waals surface area (Å²) < 4.78 is 5.49. The first-order chi connectivity index (χ1) is 20.6. The van der Waals surface area contributed by atoms with Crippen LogP contribution in [-0.4, -0.2) is 78.7 Å². The molecule has 3 amide bonds. The Morgan fingerprint density at radius 2 is 1.51 bits per heavy atom. The number of rotatable bonds is 6. The number of hydrogen-bond acceptors (Lipinski definition) is 6. The molecule has 0 spiro atoms. The molecule has 2 aliphatic rings. The molecule has 10 nitrogen and oxygen atoms in total. The van der Waals surface area contributed by atoms with Crippen molar-refractivity contribution in [2.45, 2.75) is 52.2 Å². The summed E-state index contributed by atoms with van der Waals surface area (Å²) in [4.78, 5) is 48.1. The van der Waals surface area contributed by atoms with Gasteiger partial charge in [-0.25, -0.2) is 4.79 Å². The predicted octanol–water partition coefficient (Wildman–Crippen LogP) is 5.03. The molecule has 0 saturated carbocycles. The highest BCUT2D eigenvalue weighted by molar-refractivity contribution is 6.06. The number of hydrogen-bond donors (Lipinski definition) is 3. The quantitative estimate of drug-likeness (QED) is 0.374. The lowest BCUT2D eigenvalue weighted by molar-refractivity contribution is 0.0199. The van der Waals surface area contributed by atoms with E-state index in [0.29, 0.717) is 42.9 Å². The molecule has 5 rings (SSSR count). The van der Waals surface area contributed by atoms with Gasteiger partial charge in [0.05, 0.1) is 11.4 Å². The first-order valence-electron chi connectivity index (χ1n) is 15.0. The topological polar surface area (TPSA) is 110 Å². The summed E-state index contributed by atoms with van der Waals surface area (Å²) in [6, 6.07) is 17.3. The van der Waals surface area contributed by atoms with Gasteiger partial charge in [-0.2, -0.15) is 0 Å². The number of para-hydroxylation sites is 1. The van der Waals surface area contributed by atoms with Gasteiger partial charge in [-0.3, -0.25) is 9.59 Å². The molecule has 43 heavy (non-hydrogen) atoms. The van der Waals surface area contributed by atoms with E-state index >= 15 is 0 Å². The van der Waals surface area contributed by atoms with Crippen molar-refractivity contribution >= 4 is 35.0 Å². The fourth-order valence-corrected chi connectivity index (χ4v) is 5.62. The van der Waals surface area contributed by atoms with E-state index in [1.54, 1.807) is 29.3 Å². The number of likely N-dealkylation sites (tertiary alicyclic amines) is 1. The summed E-state index contributed by atoms with van der Waals surface area (Å²) in [5.74, 6) is -0.473. The van der Waals surface area contributed by atoms with Crippen LogP contribution in [0.2, 0.25) is 0 Å². The van der Waals surface area contributed by atoms with Gasteiger partial charge < -0.3 is 35.1 Å². The van der Waals surface area contributed by atoms with Crippen molar-refractivity contribution in [3.05, 3.63) is 77.6 Å². The third-order valence-electron chi connectivity index (χ3n) is 7.91. The minimum absolute atomic E-state index is 0.0580. The Bertz CT molecular complexity index is 1430. The smallest absolute Gasteiger partial charge is 0.410 e. The maximum absolute atomic E-state index is 13.3. The number of benzene rings is 2. The van der Waals surface area contributed by atoms with E-state index in [4.69, 9.17) is 4.74 Å². The number of carbonyl (C=O) groups is 3. The highest BCUT2D eigenvalue weighted by atomic mass is 16.6. The number of aromatic nitrogens is 1. The zero-order valence-electron chi connectivity index (χ0n) is 25.5. The van der Waals surface area contributed by atoms with E-state index in [-0.39, 0.29) is 23.9 Å². The van der Waals surface area contributed by atoms with Gasteiger partial charge in [0.1, 0.15) is 11.3 Å². The number of aryl methyl sites for hydroxylation is 1. The number of piperazine rings is 1. The molecule has 2 saturated heterocycles. The molecule has 2 fully saturated rings. The number of aromatic amines is 1. The molecule has 3 aromatic rings. The van der Waals surface area contributed by atoms with Crippen LogP contribution in [0.1, 0.15) is 60.0 Å². The second-order valence-electron chi connectivity index (χ2n) is 12.2. The molecule has 3 N–H and O–H groups in total. The van der Waals surface area contributed by atoms with Gasteiger partial charge in [-0.15, -0.1) is 0 Å². The van der Waals surface area contributed by atoms with Gasteiger partial charge in [-0.05, 0) is 82.5 Å². The van der Waals surface area contributed by atoms with E-state index in [9.17, 15) is 14.4 Å². The van der Waals surface area contributed by atoms with Gasteiger partial charge in [0.2, 0.25) is 0 Å². The SMILES string of the molecule is Cc1ccccc1N1CCN(c2ccc(C(=O)NC3CCN(C(=O)OC(C)(C)C)CC3)cc2NC(=O)c2ccc[nH]2)CC1. The second-order valence-corrected chi connectivity index (χ2v) is 12.2. The molecule has 2 aromatic carbocycles. The summed E-state index contributed by atoms with van der Waals surface area (Å²) in [7, 11) is 0. The van der Waals surface area contributed by atoms with E-state index in [1.165, 1.54) is 11.3 Å². The highest BCUT2D eigenvalue weighted by Gasteiger charge is 2.28. The first kappa shape index (κ1) is 30.0. The Labute approximate surface area is 253 Å². The number of H-pyrrole nitrogens is 1. The molecular weight excluding hydrogens is 544 g/mol. The third-order valence-corrected chi connectivity index (χ3v) is 7.91. The molecule has 1 aromatic heterocycles. The second kappa shape index (κ2) is 12.8. The highest BCUT2D eigenvalue weighted by Crippen LogP contribution is 2.30.